The lowest BCUT2D eigenvalue weighted by Crippen LogP contribution is -2.33. The zero-order valence-corrected chi connectivity index (χ0v) is 9.71. The Balaban J connectivity index is 2.32. The number of carbonyl (C=O) groups is 1. The summed E-state index contributed by atoms with van der Waals surface area (Å²) in [5.41, 5.74) is 0. The number of likely N-dealkylation sites (tertiary alicyclic amines) is 1. The number of likely N-dealkylation sites (N-methyl/N-ethyl adjacent to an activating group) is 1. The first-order chi connectivity index (χ1) is 6.29. The monoisotopic (exact) mass is 220 g/mol. The Hall–Kier alpha value is 0.130. The SMILES string of the molecule is CNCCN1CCC(SSC)C1=O. The maximum Gasteiger partial charge on any atom is 0.236 e. The summed E-state index contributed by atoms with van der Waals surface area (Å²) in [4.78, 5) is 13.6. The van der Waals surface area contributed by atoms with E-state index in [0.717, 1.165) is 26.1 Å². The van der Waals surface area contributed by atoms with Gasteiger partial charge in [-0.1, -0.05) is 21.6 Å². The fourth-order valence-corrected chi connectivity index (χ4v) is 3.28. The topological polar surface area (TPSA) is 32.3 Å². The van der Waals surface area contributed by atoms with Crippen molar-refractivity contribution in [3.63, 3.8) is 0 Å². The van der Waals surface area contributed by atoms with E-state index in [0.29, 0.717) is 5.91 Å². The molecule has 1 fully saturated rings. The van der Waals surface area contributed by atoms with Crippen LogP contribution in [0.3, 0.4) is 0 Å². The molecule has 0 aliphatic carbocycles. The molecule has 76 valence electrons. The number of amides is 1. The van der Waals surface area contributed by atoms with Gasteiger partial charge in [0.05, 0.1) is 5.25 Å². The van der Waals surface area contributed by atoms with Gasteiger partial charge >= 0.3 is 0 Å². The second-order valence-electron chi connectivity index (χ2n) is 2.97. The maximum absolute atomic E-state index is 11.7. The fourth-order valence-electron chi connectivity index (χ4n) is 1.38. The highest BCUT2D eigenvalue weighted by Gasteiger charge is 2.31. The minimum absolute atomic E-state index is 0.201. The smallest absolute Gasteiger partial charge is 0.236 e. The van der Waals surface area contributed by atoms with Crippen LogP contribution in [0.5, 0.6) is 0 Å². The average molecular weight is 220 g/mol. The van der Waals surface area contributed by atoms with E-state index < -0.39 is 0 Å². The van der Waals surface area contributed by atoms with Crippen molar-refractivity contribution < 1.29 is 4.79 Å². The van der Waals surface area contributed by atoms with Gasteiger partial charge < -0.3 is 10.2 Å². The van der Waals surface area contributed by atoms with Crippen molar-refractivity contribution in [1.29, 1.82) is 0 Å². The predicted octanol–water partition coefficient (Wildman–Crippen LogP) is 0.818. The molecule has 0 aromatic rings. The highest BCUT2D eigenvalue weighted by atomic mass is 33.1. The van der Waals surface area contributed by atoms with Crippen LogP contribution in [0.2, 0.25) is 0 Å². The van der Waals surface area contributed by atoms with E-state index in [9.17, 15) is 4.79 Å². The first kappa shape index (κ1) is 11.2. The molecule has 5 heteroatoms. The van der Waals surface area contributed by atoms with E-state index in [1.54, 1.807) is 21.6 Å². The van der Waals surface area contributed by atoms with Gasteiger partial charge in [0.15, 0.2) is 0 Å². The molecule has 0 bridgehead atoms. The van der Waals surface area contributed by atoms with Crippen LogP contribution in [0, 0.1) is 0 Å². The van der Waals surface area contributed by atoms with E-state index in [4.69, 9.17) is 0 Å². The molecule has 1 aliphatic heterocycles. The minimum Gasteiger partial charge on any atom is -0.340 e. The third kappa shape index (κ3) is 3.07. The van der Waals surface area contributed by atoms with Crippen molar-refractivity contribution >= 4 is 27.5 Å². The van der Waals surface area contributed by atoms with Crippen LogP contribution in [0.15, 0.2) is 0 Å². The molecule has 1 amide bonds. The molecule has 0 aromatic carbocycles. The Morgan fingerprint density at radius 1 is 1.69 bits per heavy atom. The zero-order chi connectivity index (χ0) is 9.68. The van der Waals surface area contributed by atoms with Gasteiger partial charge in [-0.25, -0.2) is 0 Å². The van der Waals surface area contributed by atoms with Crippen molar-refractivity contribution in [2.75, 3.05) is 32.9 Å². The quantitative estimate of drug-likeness (QED) is 0.695. The summed E-state index contributed by atoms with van der Waals surface area (Å²) in [6.45, 7) is 2.67. The van der Waals surface area contributed by atoms with Crippen molar-refractivity contribution in [3.05, 3.63) is 0 Å². The van der Waals surface area contributed by atoms with E-state index in [1.807, 2.05) is 18.2 Å². The van der Waals surface area contributed by atoms with Gasteiger partial charge in [0.1, 0.15) is 0 Å². The second kappa shape index (κ2) is 5.78. The number of hydrogen-bond donors (Lipinski definition) is 1. The molecule has 1 unspecified atom stereocenters. The summed E-state index contributed by atoms with van der Waals surface area (Å²) in [6.07, 6.45) is 3.03. The number of rotatable bonds is 5. The van der Waals surface area contributed by atoms with Gasteiger partial charge in [-0.05, 0) is 19.7 Å². The molecule has 1 rings (SSSR count). The summed E-state index contributed by atoms with van der Waals surface area (Å²) in [5.74, 6) is 0.314. The molecule has 0 radical (unpaired) electrons. The van der Waals surface area contributed by atoms with Gasteiger partial charge in [0.25, 0.3) is 0 Å². The van der Waals surface area contributed by atoms with Crippen molar-refractivity contribution in [3.8, 4) is 0 Å². The van der Waals surface area contributed by atoms with Crippen molar-refractivity contribution in [2.24, 2.45) is 0 Å². The second-order valence-corrected chi connectivity index (χ2v) is 5.64. The minimum atomic E-state index is 0.201. The average Bonchev–Trinajstić information content (AvgIpc) is 2.46. The highest BCUT2D eigenvalue weighted by molar-refractivity contribution is 8.76. The molecule has 1 aliphatic rings. The molecule has 0 aromatic heterocycles. The molecule has 0 spiro atoms. The molecule has 0 saturated carbocycles. The number of carbonyl (C=O) groups excluding carboxylic acids is 1. The molecule has 1 saturated heterocycles. The first-order valence-electron chi connectivity index (χ1n) is 4.42. The van der Waals surface area contributed by atoms with Crippen LogP contribution in [0.1, 0.15) is 6.42 Å². The normalized spacial score (nSPS) is 22.8. The Labute approximate surface area is 87.4 Å². The van der Waals surface area contributed by atoms with Crippen LogP contribution in [-0.2, 0) is 4.79 Å². The van der Waals surface area contributed by atoms with Crippen LogP contribution < -0.4 is 5.32 Å². The predicted molar refractivity (Wildman–Crippen MR) is 60.0 cm³/mol. The van der Waals surface area contributed by atoms with Crippen molar-refractivity contribution in [2.45, 2.75) is 11.7 Å². The molecule has 13 heavy (non-hydrogen) atoms. The molecular formula is C8H16N2OS2. The lowest BCUT2D eigenvalue weighted by molar-refractivity contribution is -0.127. The van der Waals surface area contributed by atoms with Gasteiger partial charge in [-0.15, -0.1) is 0 Å². The lowest BCUT2D eigenvalue weighted by Gasteiger charge is -2.15. The Morgan fingerprint density at radius 3 is 3.08 bits per heavy atom. The summed E-state index contributed by atoms with van der Waals surface area (Å²) in [6, 6.07) is 0. The Bertz CT molecular complexity index is 178. The molecule has 1 atom stereocenters. The molecule has 1 N–H and O–H groups in total. The number of nitrogens with one attached hydrogen (secondary N) is 1. The summed E-state index contributed by atoms with van der Waals surface area (Å²) in [5, 5.41) is 3.26. The van der Waals surface area contributed by atoms with Crippen LogP contribution in [0.25, 0.3) is 0 Å². The molecular weight excluding hydrogens is 204 g/mol. The van der Waals surface area contributed by atoms with E-state index in [2.05, 4.69) is 5.32 Å². The summed E-state index contributed by atoms with van der Waals surface area (Å²) < 4.78 is 0. The van der Waals surface area contributed by atoms with Crippen LogP contribution in [-0.4, -0.2) is 49.0 Å². The van der Waals surface area contributed by atoms with Crippen molar-refractivity contribution in [1.82, 2.24) is 10.2 Å². The van der Waals surface area contributed by atoms with Gasteiger partial charge in [0, 0.05) is 19.6 Å². The lowest BCUT2D eigenvalue weighted by atomic mass is 10.4. The molecule has 3 nitrogen and oxygen atoms in total. The van der Waals surface area contributed by atoms with Gasteiger partial charge in [0.2, 0.25) is 5.91 Å². The van der Waals surface area contributed by atoms with Crippen LogP contribution in [0.4, 0.5) is 0 Å². The molecule has 1 heterocycles. The third-order valence-electron chi connectivity index (χ3n) is 2.09. The fraction of sp³-hybridized carbons (Fsp3) is 0.875. The van der Waals surface area contributed by atoms with E-state index in [1.165, 1.54) is 0 Å². The third-order valence-corrected chi connectivity index (χ3v) is 4.23. The standard InChI is InChI=1S/C8H16N2OS2/c1-9-4-6-10-5-3-7(8(10)11)13-12-2/h7,9H,3-6H2,1-2H3. The van der Waals surface area contributed by atoms with Crippen LogP contribution >= 0.6 is 21.6 Å². The van der Waals surface area contributed by atoms with E-state index >= 15 is 0 Å². The van der Waals surface area contributed by atoms with Gasteiger partial charge in [-0.3, -0.25) is 4.79 Å². The zero-order valence-electron chi connectivity index (χ0n) is 8.08. The van der Waals surface area contributed by atoms with Gasteiger partial charge in [-0.2, -0.15) is 0 Å². The highest BCUT2D eigenvalue weighted by Crippen LogP contribution is 2.31. The summed E-state index contributed by atoms with van der Waals surface area (Å²) >= 11 is 0. The largest absolute Gasteiger partial charge is 0.340 e. The maximum atomic E-state index is 11.7. The Morgan fingerprint density at radius 2 is 2.46 bits per heavy atom. The number of nitrogens with zero attached hydrogens (tertiary/aromatic N) is 1. The summed E-state index contributed by atoms with van der Waals surface area (Å²) in [7, 11) is 5.28. The van der Waals surface area contributed by atoms with E-state index in [-0.39, 0.29) is 5.25 Å². The Kier molecular flexibility index (Phi) is 4.98. The number of hydrogen-bond acceptors (Lipinski definition) is 4. The first-order valence-corrected chi connectivity index (χ1v) is 7.04.